The number of benzene rings is 1. The monoisotopic (exact) mass is 350 g/mol. The van der Waals surface area contributed by atoms with Gasteiger partial charge < -0.3 is 9.47 Å². The summed E-state index contributed by atoms with van der Waals surface area (Å²) >= 11 is 4.98. The second kappa shape index (κ2) is 5.81. The Bertz CT molecular complexity index is 676. The molecule has 0 radical (unpaired) electrons. The smallest absolute Gasteiger partial charge is 0.186 e. The maximum absolute atomic E-state index is 12.1. The lowest BCUT2D eigenvalue weighted by Gasteiger charge is -2.18. The van der Waals surface area contributed by atoms with E-state index in [1.807, 2.05) is 18.2 Å². The van der Waals surface area contributed by atoms with Gasteiger partial charge in [-0.05, 0) is 58.4 Å². The number of hydrogen-bond acceptors (Lipinski definition) is 4. The first-order valence-corrected chi connectivity index (χ1v) is 7.71. The van der Waals surface area contributed by atoms with Crippen LogP contribution in [0.1, 0.15) is 15.2 Å². The van der Waals surface area contributed by atoms with E-state index in [4.69, 9.17) is 9.47 Å². The molecule has 0 saturated carbocycles. The van der Waals surface area contributed by atoms with E-state index in [-0.39, 0.29) is 5.78 Å². The Morgan fingerprint density at radius 3 is 2.70 bits per heavy atom. The molecule has 0 N–H and O–H groups in total. The van der Waals surface area contributed by atoms with Crippen LogP contribution in [-0.4, -0.2) is 19.0 Å². The molecule has 102 valence electrons. The summed E-state index contributed by atoms with van der Waals surface area (Å²) in [5, 5.41) is 0. The van der Waals surface area contributed by atoms with Crippen LogP contribution in [0.2, 0.25) is 0 Å². The molecule has 2 heterocycles. The van der Waals surface area contributed by atoms with Gasteiger partial charge in [-0.3, -0.25) is 4.79 Å². The van der Waals surface area contributed by atoms with Crippen molar-refractivity contribution in [2.24, 2.45) is 0 Å². The first-order valence-electron chi connectivity index (χ1n) is 6.10. The lowest BCUT2D eigenvalue weighted by atomic mass is 10.1. The fraction of sp³-hybridized carbons (Fsp3) is 0.133. The van der Waals surface area contributed by atoms with Crippen molar-refractivity contribution in [3.8, 4) is 11.5 Å². The van der Waals surface area contributed by atoms with Gasteiger partial charge in [-0.1, -0.05) is 0 Å². The first-order chi connectivity index (χ1) is 9.72. The molecule has 3 rings (SSSR count). The second-order valence-corrected chi connectivity index (χ2v) is 6.69. The van der Waals surface area contributed by atoms with Crippen LogP contribution in [0, 0.1) is 0 Å². The molecular formula is C15H11BrO3S. The summed E-state index contributed by atoms with van der Waals surface area (Å²) in [7, 11) is 0. The van der Waals surface area contributed by atoms with Crippen LogP contribution >= 0.6 is 27.3 Å². The van der Waals surface area contributed by atoms with Crippen LogP contribution in [0.3, 0.4) is 0 Å². The van der Waals surface area contributed by atoms with Crippen molar-refractivity contribution in [2.75, 3.05) is 13.2 Å². The predicted molar refractivity (Wildman–Crippen MR) is 82.8 cm³/mol. The van der Waals surface area contributed by atoms with E-state index in [0.717, 1.165) is 8.66 Å². The Labute approximate surface area is 129 Å². The average molecular weight is 351 g/mol. The number of carbonyl (C=O) groups excluding carboxylic acids is 1. The van der Waals surface area contributed by atoms with Crippen LogP contribution in [0.5, 0.6) is 11.5 Å². The van der Waals surface area contributed by atoms with Gasteiger partial charge in [0, 0.05) is 10.4 Å². The number of allylic oxidation sites excluding steroid dienone is 1. The molecule has 0 bridgehead atoms. The molecule has 20 heavy (non-hydrogen) atoms. The molecule has 0 fully saturated rings. The number of fused-ring (bicyclic) bond motifs is 1. The standard InChI is InChI=1S/C15H11BrO3S/c16-15-6-3-11(20-15)2-4-12(17)10-1-5-13-14(9-10)19-8-7-18-13/h1-6,9H,7-8H2. The summed E-state index contributed by atoms with van der Waals surface area (Å²) in [6.45, 7) is 1.07. The Hall–Kier alpha value is -1.59. The molecule has 0 saturated heterocycles. The normalized spacial score (nSPS) is 13.7. The highest BCUT2D eigenvalue weighted by atomic mass is 79.9. The van der Waals surface area contributed by atoms with Crippen molar-refractivity contribution in [3.63, 3.8) is 0 Å². The number of rotatable bonds is 3. The van der Waals surface area contributed by atoms with Crippen molar-refractivity contribution < 1.29 is 14.3 Å². The number of halogens is 1. The molecule has 2 aromatic rings. The summed E-state index contributed by atoms with van der Waals surface area (Å²) < 4.78 is 12.0. The van der Waals surface area contributed by atoms with Crippen LogP contribution in [0.15, 0.2) is 40.2 Å². The summed E-state index contributed by atoms with van der Waals surface area (Å²) in [5.41, 5.74) is 0.598. The van der Waals surface area contributed by atoms with Gasteiger partial charge in [0.1, 0.15) is 13.2 Å². The van der Waals surface area contributed by atoms with E-state index >= 15 is 0 Å². The summed E-state index contributed by atoms with van der Waals surface area (Å²) in [6, 6.07) is 9.18. The number of thiophene rings is 1. The molecule has 3 nitrogen and oxygen atoms in total. The molecule has 0 unspecified atom stereocenters. The van der Waals surface area contributed by atoms with Crippen molar-refractivity contribution in [1.82, 2.24) is 0 Å². The fourth-order valence-corrected chi connectivity index (χ4v) is 3.19. The lowest BCUT2D eigenvalue weighted by molar-refractivity contribution is 0.104. The average Bonchev–Trinajstić information content (AvgIpc) is 2.90. The van der Waals surface area contributed by atoms with Gasteiger partial charge in [-0.2, -0.15) is 0 Å². The minimum absolute atomic E-state index is 0.0495. The second-order valence-electron chi connectivity index (χ2n) is 4.20. The minimum Gasteiger partial charge on any atom is -0.486 e. The van der Waals surface area contributed by atoms with E-state index < -0.39 is 0 Å². The molecule has 5 heteroatoms. The van der Waals surface area contributed by atoms with Crippen molar-refractivity contribution in [1.29, 1.82) is 0 Å². The Morgan fingerprint density at radius 1 is 1.15 bits per heavy atom. The highest BCUT2D eigenvalue weighted by Crippen LogP contribution is 2.31. The molecular weight excluding hydrogens is 340 g/mol. The summed E-state index contributed by atoms with van der Waals surface area (Å²) in [6.07, 6.45) is 3.39. The van der Waals surface area contributed by atoms with Gasteiger partial charge in [-0.25, -0.2) is 0 Å². The van der Waals surface area contributed by atoms with Gasteiger partial charge >= 0.3 is 0 Å². The largest absolute Gasteiger partial charge is 0.486 e. The van der Waals surface area contributed by atoms with Crippen molar-refractivity contribution in [3.05, 3.63) is 50.6 Å². The zero-order chi connectivity index (χ0) is 13.9. The summed E-state index contributed by atoms with van der Waals surface area (Å²) in [5.74, 6) is 1.28. The van der Waals surface area contributed by atoms with Crippen LogP contribution < -0.4 is 9.47 Å². The van der Waals surface area contributed by atoms with E-state index in [1.54, 1.807) is 35.6 Å². The third kappa shape index (κ3) is 2.94. The minimum atomic E-state index is -0.0495. The Balaban J connectivity index is 1.78. The van der Waals surface area contributed by atoms with E-state index in [2.05, 4.69) is 15.9 Å². The maximum atomic E-state index is 12.1. The molecule has 1 aliphatic heterocycles. The van der Waals surface area contributed by atoms with Crippen molar-refractivity contribution >= 4 is 39.1 Å². The molecule has 0 aliphatic carbocycles. The quantitative estimate of drug-likeness (QED) is 0.615. The topological polar surface area (TPSA) is 35.5 Å². The van der Waals surface area contributed by atoms with E-state index in [0.29, 0.717) is 30.3 Å². The fourth-order valence-electron chi connectivity index (χ4n) is 1.87. The van der Waals surface area contributed by atoms with E-state index in [9.17, 15) is 4.79 Å². The third-order valence-electron chi connectivity index (χ3n) is 2.82. The zero-order valence-corrected chi connectivity index (χ0v) is 12.9. The molecule has 0 spiro atoms. The lowest BCUT2D eigenvalue weighted by Crippen LogP contribution is -2.15. The highest BCUT2D eigenvalue weighted by molar-refractivity contribution is 9.11. The van der Waals surface area contributed by atoms with Crippen LogP contribution in [-0.2, 0) is 0 Å². The molecule has 1 aromatic heterocycles. The zero-order valence-electron chi connectivity index (χ0n) is 10.5. The molecule has 1 aliphatic rings. The number of carbonyl (C=O) groups is 1. The number of hydrogen-bond donors (Lipinski definition) is 0. The summed E-state index contributed by atoms with van der Waals surface area (Å²) in [4.78, 5) is 13.2. The highest BCUT2D eigenvalue weighted by Gasteiger charge is 2.13. The molecule has 0 amide bonds. The maximum Gasteiger partial charge on any atom is 0.186 e. The van der Waals surface area contributed by atoms with Crippen LogP contribution in [0.4, 0.5) is 0 Å². The Kier molecular flexibility index (Phi) is 3.89. The van der Waals surface area contributed by atoms with E-state index in [1.165, 1.54) is 0 Å². The van der Waals surface area contributed by atoms with Gasteiger partial charge in [-0.15, -0.1) is 11.3 Å². The van der Waals surface area contributed by atoms with Crippen LogP contribution in [0.25, 0.3) is 6.08 Å². The molecule has 1 aromatic carbocycles. The third-order valence-corrected chi connectivity index (χ3v) is 4.41. The van der Waals surface area contributed by atoms with Gasteiger partial charge in [0.15, 0.2) is 17.3 Å². The van der Waals surface area contributed by atoms with Gasteiger partial charge in [0.2, 0.25) is 0 Å². The SMILES string of the molecule is O=C(C=Cc1ccc(Br)s1)c1ccc2c(c1)OCCO2. The Morgan fingerprint density at radius 2 is 1.95 bits per heavy atom. The first kappa shape index (κ1) is 13.4. The van der Waals surface area contributed by atoms with Gasteiger partial charge in [0.05, 0.1) is 3.79 Å². The van der Waals surface area contributed by atoms with Crippen molar-refractivity contribution in [2.45, 2.75) is 0 Å². The van der Waals surface area contributed by atoms with Gasteiger partial charge in [0.25, 0.3) is 0 Å². The predicted octanol–water partition coefficient (Wildman–Crippen LogP) is 4.18. The molecule has 0 atom stereocenters. The number of ether oxygens (including phenoxy) is 2. The number of ketones is 1.